The molecule has 6 nitrogen and oxygen atoms in total. The second-order valence-electron chi connectivity index (χ2n) is 4.34. The molecule has 3 rings (SSSR count). The Balaban J connectivity index is 1.88. The third-order valence-corrected chi connectivity index (χ3v) is 3.03. The number of hydrogen-bond donors (Lipinski definition) is 3. The molecule has 0 saturated carbocycles. The first-order valence-corrected chi connectivity index (χ1v) is 6.11. The molecule has 0 atom stereocenters. The second-order valence-corrected chi connectivity index (χ2v) is 4.34. The van der Waals surface area contributed by atoms with E-state index in [0.29, 0.717) is 17.4 Å². The number of H-pyrrole nitrogens is 2. The van der Waals surface area contributed by atoms with Gasteiger partial charge in [0.1, 0.15) is 5.56 Å². The molecule has 100 valence electrons. The first-order chi connectivity index (χ1) is 9.75. The zero-order valence-corrected chi connectivity index (χ0v) is 10.5. The molecule has 0 aliphatic carbocycles. The van der Waals surface area contributed by atoms with Crippen LogP contribution in [0.15, 0.2) is 47.8 Å². The van der Waals surface area contributed by atoms with Gasteiger partial charge in [-0.05, 0) is 12.1 Å². The van der Waals surface area contributed by atoms with Crippen LogP contribution < -0.4 is 10.7 Å². The predicted molar refractivity (Wildman–Crippen MR) is 74.3 cm³/mol. The van der Waals surface area contributed by atoms with Crippen LogP contribution in [0.4, 0.5) is 0 Å². The van der Waals surface area contributed by atoms with E-state index in [4.69, 9.17) is 0 Å². The van der Waals surface area contributed by atoms with E-state index in [1.807, 2.05) is 6.07 Å². The van der Waals surface area contributed by atoms with E-state index in [0.717, 1.165) is 5.69 Å². The maximum atomic E-state index is 12.2. The lowest BCUT2D eigenvalue weighted by Crippen LogP contribution is -2.28. The Kier molecular flexibility index (Phi) is 3.04. The molecule has 0 radical (unpaired) electrons. The fraction of sp³-hybridized carbons (Fsp3) is 0.0714. The monoisotopic (exact) mass is 268 g/mol. The number of nitrogens with one attached hydrogen (secondary N) is 3. The fourth-order valence-electron chi connectivity index (χ4n) is 1.99. The number of hydrogen-bond acceptors (Lipinski definition) is 3. The highest BCUT2D eigenvalue weighted by molar-refractivity contribution is 5.97. The van der Waals surface area contributed by atoms with Crippen molar-refractivity contribution in [1.82, 2.24) is 20.3 Å². The molecule has 20 heavy (non-hydrogen) atoms. The van der Waals surface area contributed by atoms with E-state index in [1.54, 1.807) is 24.4 Å². The number of aromatic nitrogens is 3. The molecule has 0 aliphatic heterocycles. The van der Waals surface area contributed by atoms with Crippen LogP contribution in [0.2, 0.25) is 0 Å². The Bertz CT molecular complexity index is 805. The van der Waals surface area contributed by atoms with Crippen molar-refractivity contribution in [1.29, 1.82) is 0 Å². The number of fused-ring (bicyclic) bond motifs is 1. The number of carbonyl (C=O) groups excluding carboxylic acids is 1. The molecule has 3 aromatic rings. The molecular formula is C14H12N4O2. The molecule has 0 unspecified atom stereocenters. The van der Waals surface area contributed by atoms with E-state index in [1.165, 1.54) is 12.5 Å². The molecule has 0 saturated heterocycles. The van der Waals surface area contributed by atoms with Crippen molar-refractivity contribution in [3.05, 3.63) is 64.5 Å². The summed E-state index contributed by atoms with van der Waals surface area (Å²) in [6.07, 6.45) is 4.59. The van der Waals surface area contributed by atoms with Gasteiger partial charge >= 0.3 is 0 Å². The van der Waals surface area contributed by atoms with Gasteiger partial charge in [-0.2, -0.15) is 0 Å². The minimum absolute atomic E-state index is 0.100. The van der Waals surface area contributed by atoms with Crippen molar-refractivity contribution in [2.45, 2.75) is 6.54 Å². The lowest BCUT2D eigenvalue weighted by Gasteiger charge is -2.04. The van der Waals surface area contributed by atoms with Crippen molar-refractivity contribution in [2.75, 3.05) is 0 Å². The summed E-state index contributed by atoms with van der Waals surface area (Å²) in [6, 6.07) is 7.09. The maximum Gasteiger partial charge on any atom is 0.257 e. The Morgan fingerprint density at radius 1 is 1.25 bits per heavy atom. The third-order valence-electron chi connectivity index (χ3n) is 3.03. The number of amides is 1. The first kappa shape index (κ1) is 12.2. The van der Waals surface area contributed by atoms with E-state index in [9.17, 15) is 9.59 Å². The molecule has 0 spiro atoms. The number of nitrogens with zero attached hydrogens (tertiary/aromatic N) is 1. The average Bonchev–Trinajstić information content (AvgIpc) is 2.99. The van der Waals surface area contributed by atoms with Gasteiger partial charge in [0, 0.05) is 23.3 Å². The molecule has 6 heteroatoms. The van der Waals surface area contributed by atoms with Gasteiger partial charge < -0.3 is 15.3 Å². The van der Waals surface area contributed by atoms with Gasteiger partial charge in [-0.15, -0.1) is 0 Å². The number of aromatic amines is 2. The van der Waals surface area contributed by atoms with Crippen LogP contribution >= 0.6 is 0 Å². The van der Waals surface area contributed by atoms with Crippen LogP contribution in [0.3, 0.4) is 0 Å². The zero-order chi connectivity index (χ0) is 13.9. The molecule has 0 fully saturated rings. The van der Waals surface area contributed by atoms with Gasteiger partial charge in [-0.25, -0.2) is 4.98 Å². The van der Waals surface area contributed by atoms with E-state index < -0.39 is 5.91 Å². The Hall–Kier alpha value is -2.89. The minimum Gasteiger partial charge on any atom is -0.360 e. The molecule has 0 aliphatic rings. The van der Waals surface area contributed by atoms with E-state index in [2.05, 4.69) is 20.3 Å². The highest BCUT2D eigenvalue weighted by atomic mass is 16.2. The van der Waals surface area contributed by atoms with Gasteiger partial charge in [0.25, 0.3) is 5.91 Å². The smallest absolute Gasteiger partial charge is 0.257 e. The van der Waals surface area contributed by atoms with Crippen molar-refractivity contribution in [2.24, 2.45) is 0 Å². The summed E-state index contributed by atoms with van der Waals surface area (Å²) in [6.45, 7) is 0.297. The Morgan fingerprint density at radius 2 is 2.10 bits per heavy atom. The summed E-state index contributed by atoms with van der Waals surface area (Å²) in [4.78, 5) is 34.0. The van der Waals surface area contributed by atoms with Gasteiger partial charge in [-0.1, -0.05) is 12.1 Å². The molecule has 2 aromatic heterocycles. The quantitative estimate of drug-likeness (QED) is 0.666. The van der Waals surface area contributed by atoms with Crippen molar-refractivity contribution in [3.8, 4) is 0 Å². The molecule has 3 N–H and O–H groups in total. The van der Waals surface area contributed by atoms with Crippen molar-refractivity contribution < 1.29 is 4.79 Å². The van der Waals surface area contributed by atoms with Crippen LogP contribution in [0.5, 0.6) is 0 Å². The summed E-state index contributed by atoms with van der Waals surface area (Å²) >= 11 is 0. The standard InChI is InChI=1S/C14H12N4O2/c19-13-10-3-1-2-4-12(10)16-7-11(13)14(20)17-6-9-5-15-8-18-9/h1-5,7-8H,6H2,(H,15,18)(H,16,19)(H,17,20). The van der Waals surface area contributed by atoms with Gasteiger partial charge in [-0.3, -0.25) is 9.59 Å². The average molecular weight is 268 g/mol. The molecule has 2 heterocycles. The zero-order valence-electron chi connectivity index (χ0n) is 10.5. The minimum atomic E-state index is -0.411. The number of benzene rings is 1. The normalized spacial score (nSPS) is 10.6. The van der Waals surface area contributed by atoms with Gasteiger partial charge in [0.05, 0.1) is 18.6 Å². The van der Waals surface area contributed by atoms with Crippen LogP contribution in [0, 0.1) is 0 Å². The van der Waals surface area contributed by atoms with Gasteiger partial charge in [0.15, 0.2) is 0 Å². The van der Waals surface area contributed by atoms with Crippen LogP contribution in [-0.4, -0.2) is 20.9 Å². The highest BCUT2D eigenvalue weighted by Gasteiger charge is 2.12. The van der Waals surface area contributed by atoms with Crippen LogP contribution in [-0.2, 0) is 6.54 Å². The Labute approximate surface area is 113 Å². The lowest BCUT2D eigenvalue weighted by molar-refractivity contribution is 0.0949. The van der Waals surface area contributed by atoms with E-state index >= 15 is 0 Å². The third kappa shape index (κ3) is 2.18. The number of carbonyl (C=O) groups is 1. The van der Waals surface area contributed by atoms with Crippen molar-refractivity contribution >= 4 is 16.8 Å². The fourth-order valence-corrected chi connectivity index (χ4v) is 1.99. The summed E-state index contributed by atoms with van der Waals surface area (Å²) in [7, 11) is 0. The Morgan fingerprint density at radius 3 is 2.90 bits per heavy atom. The topological polar surface area (TPSA) is 90.6 Å². The van der Waals surface area contributed by atoms with Crippen molar-refractivity contribution in [3.63, 3.8) is 0 Å². The molecule has 1 aromatic carbocycles. The largest absolute Gasteiger partial charge is 0.360 e. The summed E-state index contributed by atoms with van der Waals surface area (Å²) < 4.78 is 0. The number of rotatable bonds is 3. The summed E-state index contributed by atoms with van der Waals surface area (Å²) in [5.74, 6) is -0.411. The first-order valence-electron chi connectivity index (χ1n) is 6.11. The summed E-state index contributed by atoms with van der Waals surface area (Å²) in [5, 5.41) is 3.18. The molecular weight excluding hydrogens is 256 g/mol. The summed E-state index contributed by atoms with van der Waals surface area (Å²) in [5.41, 5.74) is 1.31. The van der Waals surface area contributed by atoms with Gasteiger partial charge in [0.2, 0.25) is 5.43 Å². The van der Waals surface area contributed by atoms with Crippen LogP contribution in [0.1, 0.15) is 16.1 Å². The second kappa shape index (κ2) is 5.00. The highest BCUT2D eigenvalue weighted by Crippen LogP contribution is 2.07. The predicted octanol–water partition coefficient (Wildman–Crippen LogP) is 1.18. The molecule has 1 amide bonds. The van der Waals surface area contributed by atoms with Crippen LogP contribution in [0.25, 0.3) is 10.9 Å². The maximum absolute atomic E-state index is 12.2. The molecule has 0 bridgehead atoms. The SMILES string of the molecule is O=C(NCc1cnc[nH]1)c1c[nH]c2ccccc2c1=O. The number of para-hydroxylation sites is 1. The number of imidazole rings is 1. The lowest BCUT2D eigenvalue weighted by atomic mass is 10.1. The van der Waals surface area contributed by atoms with E-state index in [-0.39, 0.29) is 11.0 Å². The number of pyridine rings is 1.